The SMILES string of the molecule is CCCCCOCCNc1ccc(Br)cc1. The molecule has 0 amide bonds. The summed E-state index contributed by atoms with van der Waals surface area (Å²) in [5.41, 5.74) is 1.14. The normalized spacial score (nSPS) is 10.4. The summed E-state index contributed by atoms with van der Waals surface area (Å²) in [6.07, 6.45) is 3.69. The van der Waals surface area contributed by atoms with Crippen LogP contribution in [-0.2, 0) is 4.74 Å². The molecule has 0 aliphatic rings. The number of rotatable bonds is 8. The molecule has 0 spiro atoms. The van der Waals surface area contributed by atoms with Crippen molar-refractivity contribution in [2.45, 2.75) is 26.2 Å². The smallest absolute Gasteiger partial charge is 0.0639 e. The Labute approximate surface area is 107 Å². The minimum Gasteiger partial charge on any atom is -0.383 e. The topological polar surface area (TPSA) is 21.3 Å². The molecular weight excluding hydrogens is 266 g/mol. The average molecular weight is 286 g/mol. The largest absolute Gasteiger partial charge is 0.383 e. The molecule has 90 valence electrons. The van der Waals surface area contributed by atoms with Crippen LogP contribution in [0.3, 0.4) is 0 Å². The minimum atomic E-state index is 0.778. The Bertz CT molecular complexity index is 274. The highest BCUT2D eigenvalue weighted by atomic mass is 79.9. The van der Waals surface area contributed by atoms with Crippen molar-refractivity contribution >= 4 is 21.6 Å². The molecule has 0 fully saturated rings. The van der Waals surface area contributed by atoms with Crippen LogP contribution in [0.5, 0.6) is 0 Å². The number of anilines is 1. The van der Waals surface area contributed by atoms with Crippen molar-refractivity contribution in [3.05, 3.63) is 28.7 Å². The van der Waals surface area contributed by atoms with Gasteiger partial charge in [0.1, 0.15) is 0 Å². The van der Waals surface area contributed by atoms with Crippen molar-refractivity contribution in [3.8, 4) is 0 Å². The Morgan fingerprint density at radius 2 is 1.88 bits per heavy atom. The lowest BCUT2D eigenvalue weighted by Crippen LogP contribution is -2.09. The second-order valence-electron chi connectivity index (χ2n) is 3.75. The third-order valence-corrected chi connectivity index (χ3v) is 2.84. The van der Waals surface area contributed by atoms with Crippen LogP contribution in [0, 0.1) is 0 Å². The van der Waals surface area contributed by atoms with Gasteiger partial charge in [0.2, 0.25) is 0 Å². The Morgan fingerprint density at radius 3 is 2.56 bits per heavy atom. The van der Waals surface area contributed by atoms with E-state index in [2.05, 4.69) is 40.3 Å². The summed E-state index contributed by atoms with van der Waals surface area (Å²) in [5, 5.41) is 3.32. The molecule has 0 aliphatic heterocycles. The Hall–Kier alpha value is -0.540. The van der Waals surface area contributed by atoms with E-state index in [1.54, 1.807) is 0 Å². The first kappa shape index (κ1) is 13.5. The molecule has 1 N–H and O–H groups in total. The molecule has 1 aromatic carbocycles. The first-order valence-electron chi connectivity index (χ1n) is 5.90. The van der Waals surface area contributed by atoms with Crippen molar-refractivity contribution in [1.82, 2.24) is 0 Å². The highest BCUT2D eigenvalue weighted by Crippen LogP contribution is 2.13. The molecule has 0 saturated carbocycles. The van der Waals surface area contributed by atoms with E-state index in [9.17, 15) is 0 Å². The first-order valence-corrected chi connectivity index (χ1v) is 6.69. The molecule has 0 heterocycles. The van der Waals surface area contributed by atoms with Gasteiger partial charge in [-0.15, -0.1) is 0 Å². The lowest BCUT2D eigenvalue weighted by atomic mass is 10.3. The summed E-state index contributed by atoms with van der Waals surface area (Å²) in [6.45, 7) is 4.73. The summed E-state index contributed by atoms with van der Waals surface area (Å²) < 4.78 is 6.61. The number of hydrogen-bond acceptors (Lipinski definition) is 2. The first-order chi connectivity index (χ1) is 7.83. The van der Waals surface area contributed by atoms with Crippen molar-refractivity contribution in [3.63, 3.8) is 0 Å². The number of unbranched alkanes of at least 4 members (excludes halogenated alkanes) is 2. The zero-order valence-corrected chi connectivity index (χ0v) is 11.4. The van der Waals surface area contributed by atoms with Gasteiger partial charge < -0.3 is 10.1 Å². The highest BCUT2D eigenvalue weighted by molar-refractivity contribution is 9.10. The molecule has 1 rings (SSSR count). The average Bonchev–Trinajstić information content (AvgIpc) is 2.30. The fourth-order valence-electron chi connectivity index (χ4n) is 1.39. The maximum Gasteiger partial charge on any atom is 0.0639 e. The number of benzene rings is 1. The van der Waals surface area contributed by atoms with E-state index in [1.807, 2.05) is 12.1 Å². The predicted molar refractivity (Wildman–Crippen MR) is 73.0 cm³/mol. The Kier molecular flexibility index (Phi) is 7.26. The summed E-state index contributed by atoms with van der Waals surface area (Å²) >= 11 is 3.41. The third kappa shape index (κ3) is 6.13. The maximum absolute atomic E-state index is 5.51. The standard InChI is InChI=1S/C13H20BrNO/c1-2-3-4-10-16-11-9-15-13-7-5-12(14)6-8-13/h5-8,15H,2-4,9-11H2,1H3. The summed E-state index contributed by atoms with van der Waals surface area (Å²) in [6, 6.07) is 8.18. The maximum atomic E-state index is 5.51. The quantitative estimate of drug-likeness (QED) is 0.727. The van der Waals surface area contributed by atoms with E-state index in [4.69, 9.17) is 4.74 Å². The van der Waals surface area contributed by atoms with Gasteiger partial charge in [0.15, 0.2) is 0 Å². The molecule has 1 aromatic rings. The van der Waals surface area contributed by atoms with Crippen molar-refractivity contribution in [2.24, 2.45) is 0 Å². The van der Waals surface area contributed by atoms with Gasteiger partial charge in [0.25, 0.3) is 0 Å². The molecule has 0 bridgehead atoms. The van der Waals surface area contributed by atoms with Crippen LogP contribution in [0.1, 0.15) is 26.2 Å². The summed E-state index contributed by atoms with van der Waals surface area (Å²) in [5.74, 6) is 0. The highest BCUT2D eigenvalue weighted by Gasteiger charge is 1.92. The van der Waals surface area contributed by atoms with Crippen LogP contribution in [0.4, 0.5) is 5.69 Å². The molecule has 0 radical (unpaired) electrons. The minimum absolute atomic E-state index is 0.778. The molecule has 16 heavy (non-hydrogen) atoms. The Balaban J connectivity index is 2.01. The van der Waals surface area contributed by atoms with Crippen LogP contribution < -0.4 is 5.32 Å². The second-order valence-corrected chi connectivity index (χ2v) is 4.67. The number of halogens is 1. The van der Waals surface area contributed by atoms with Gasteiger partial charge in [-0.2, -0.15) is 0 Å². The van der Waals surface area contributed by atoms with E-state index in [0.717, 1.165) is 29.9 Å². The fraction of sp³-hybridized carbons (Fsp3) is 0.538. The molecule has 3 heteroatoms. The van der Waals surface area contributed by atoms with Gasteiger partial charge in [-0.05, 0) is 30.7 Å². The summed E-state index contributed by atoms with van der Waals surface area (Å²) in [7, 11) is 0. The van der Waals surface area contributed by atoms with E-state index in [0.29, 0.717) is 0 Å². The number of hydrogen-bond donors (Lipinski definition) is 1. The predicted octanol–water partition coefficient (Wildman–Crippen LogP) is 4.07. The lowest BCUT2D eigenvalue weighted by Gasteiger charge is -2.07. The number of ether oxygens (including phenoxy) is 1. The third-order valence-electron chi connectivity index (χ3n) is 2.31. The van der Waals surface area contributed by atoms with Gasteiger partial charge in [-0.1, -0.05) is 35.7 Å². The van der Waals surface area contributed by atoms with Crippen molar-refractivity contribution in [1.29, 1.82) is 0 Å². The van der Waals surface area contributed by atoms with E-state index < -0.39 is 0 Å². The molecule has 0 aliphatic carbocycles. The zero-order valence-electron chi connectivity index (χ0n) is 9.84. The molecule has 0 aromatic heterocycles. The second kappa shape index (κ2) is 8.59. The summed E-state index contributed by atoms with van der Waals surface area (Å²) in [4.78, 5) is 0. The van der Waals surface area contributed by atoms with Gasteiger partial charge >= 0.3 is 0 Å². The van der Waals surface area contributed by atoms with Gasteiger partial charge in [-0.25, -0.2) is 0 Å². The van der Waals surface area contributed by atoms with Gasteiger partial charge in [-0.3, -0.25) is 0 Å². The van der Waals surface area contributed by atoms with Crippen LogP contribution >= 0.6 is 15.9 Å². The van der Waals surface area contributed by atoms with Crippen molar-refractivity contribution < 1.29 is 4.74 Å². The fourth-order valence-corrected chi connectivity index (χ4v) is 1.66. The van der Waals surface area contributed by atoms with Crippen LogP contribution in [0.15, 0.2) is 28.7 Å². The van der Waals surface area contributed by atoms with E-state index in [-0.39, 0.29) is 0 Å². The Morgan fingerprint density at radius 1 is 1.12 bits per heavy atom. The zero-order chi connectivity index (χ0) is 11.6. The van der Waals surface area contributed by atoms with Crippen molar-refractivity contribution in [2.75, 3.05) is 25.1 Å². The van der Waals surface area contributed by atoms with E-state index >= 15 is 0 Å². The molecule has 0 unspecified atom stereocenters. The number of nitrogens with one attached hydrogen (secondary N) is 1. The van der Waals surface area contributed by atoms with Gasteiger partial charge in [0, 0.05) is 23.3 Å². The molecule has 0 atom stereocenters. The van der Waals surface area contributed by atoms with Crippen LogP contribution in [0.25, 0.3) is 0 Å². The van der Waals surface area contributed by atoms with Crippen LogP contribution in [-0.4, -0.2) is 19.8 Å². The van der Waals surface area contributed by atoms with Gasteiger partial charge in [0.05, 0.1) is 6.61 Å². The monoisotopic (exact) mass is 285 g/mol. The van der Waals surface area contributed by atoms with Crippen LogP contribution in [0.2, 0.25) is 0 Å². The molecule has 2 nitrogen and oxygen atoms in total. The lowest BCUT2D eigenvalue weighted by molar-refractivity contribution is 0.140. The van der Waals surface area contributed by atoms with E-state index in [1.165, 1.54) is 19.3 Å². The molecule has 0 saturated heterocycles. The molecular formula is C13H20BrNO.